The van der Waals surface area contributed by atoms with E-state index >= 15 is 0 Å². The second-order valence-corrected chi connectivity index (χ2v) is 7.09. The predicted molar refractivity (Wildman–Crippen MR) is 93.0 cm³/mol. The van der Waals surface area contributed by atoms with Crippen LogP contribution in [0.15, 0.2) is 23.4 Å². The molecule has 1 aliphatic rings. The van der Waals surface area contributed by atoms with Gasteiger partial charge in [0, 0.05) is 23.2 Å². The molecule has 1 fully saturated rings. The predicted octanol–water partition coefficient (Wildman–Crippen LogP) is 3.64. The second-order valence-electron chi connectivity index (χ2n) is 5.31. The van der Waals surface area contributed by atoms with Gasteiger partial charge in [0.1, 0.15) is 0 Å². The first-order valence-electron chi connectivity index (χ1n) is 7.39. The zero-order chi connectivity index (χ0) is 16.4. The van der Waals surface area contributed by atoms with E-state index in [1.165, 1.54) is 11.8 Å². The Labute approximate surface area is 148 Å². The third kappa shape index (κ3) is 4.00. The van der Waals surface area contributed by atoms with Gasteiger partial charge in [-0.25, -0.2) is 0 Å². The van der Waals surface area contributed by atoms with Crippen molar-refractivity contribution in [2.24, 2.45) is 0 Å². The molecule has 1 aromatic heterocycles. The molecule has 1 saturated carbocycles. The lowest BCUT2D eigenvalue weighted by molar-refractivity contribution is -0.118. The first kappa shape index (κ1) is 16.6. The molecule has 0 unspecified atom stereocenters. The van der Waals surface area contributed by atoms with Crippen molar-refractivity contribution in [1.82, 2.24) is 20.1 Å². The van der Waals surface area contributed by atoms with E-state index in [0.29, 0.717) is 39.4 Å². The standard InChI is InChI=1S/C15H16Cl2N4OS/c1-2-21-14(11-6-3-9(16)7-12(11)17)19-20-15(21)23-8-13(22)18-10-4-5-10/h3,6-7,10H,2,4-5,8H2,1H3,(H,18,22). The molecule has 3 rings (SSSR count). The van der Waals surface area contributed by atoms with E-state index in [0.717, 1.165) is 18.4 Å². The van der Waals surface area contributed by atoms with Crippen molar-refractivity contribution in [3.05, 3.63) is 28.2 Å². The van der Waals surface area contributed by atoms with Crippen molar-refractivity contribution < 1.29 is 4.79 Å². The van der Waals surface area contributed by atoms with Gasteiger partial charge in [0.2, 0.25) is 5.91 Å². The number of thioether (sulfide) groups is 1. The molecule has 1 N–H and O–H groups in total. The summed E-state index contributed by atoms with van der Waals surface area (Å²) in [4.78, 5) is 11.8. The van der Waals surface area contributed by atoms with Crippen molar-refractivity contribution in [2.75, 3.05) is 5.75 Å². The number of hydrogen-bond acceptors (Lipinski definition) is 4. The van der Waals surface area contributed by atoms with Crippen LogP contribution in [0.5, 0.6) is 0 Å². The van der Waals surface area contributed by atoms with Crippen LogP contribution in [0.3, 0.4) is 0 Å². The lowest BCUT2D eigenvalue weighted by Crippen LogP contribution is -2.27. The number of amides is 1. The average Bonchev–Trinajstić information content (AvgIpc) is 3.23. The summed E-state index contributed by atoms with van der Waals surface area (Å²) in [5, 5.41) is 13.2. The molecule has 1 heterocycles. The van der Waals surface area contributed by atoms with E-state index in [2.05, 4.69) is 15.5 Å². The Bertz CT molecular complexity index is 730. The third-order valence-electron chi connectivity index (χ3n) is 3.48. The highest BCUT2D eigenvalue weighted by atomic mass is 35.5. The van der Waals surface area contributed by atoms with E-state index < -0.39 is 0 Å². The van der Waals surface area contributed by atoms with Gasteiger partial charge in [-0.1, -0.05) is 35.0 Å². The lowest BCUT2D eigenvalue weighted by Gasteiger charge is -2.09. The maximum Gasteiger partial charge on any atom is 0.230 e. The molecule has 0 radical (unpaired) electrons. The van der Waals surface area contributed by atoms with Crippen molar-refractivity contribution >= 4 is 40.9 Å². The van der Waals surface area contributed by atoms with E-state index in [1.807, 2.05) is 17.6 Å². The highest BCUT2D eigenvalue weighted by Crippen LogP contribution is 2.31. The van der Waals surface area contributed by atoms with E-state index in [4.69, 9.17) is 23.2 Å². The van der Waals surface area contributed by atoms with Crippen LogP contribution in [0.4, 0.5) is 0 Å². The highest BCUT2D eigenvalue weighted by molar-refractivity contribution is 7.99. The molecule has 1 aromatic carbocycles. The van der Waals surface area contributed by atoms with Crippen LogP contribution < -0.4 is 5.32 Å². The van der Waals surface area contributed by atoms with Crippen LogP contribution >= 0.6 is 35.0 Å². The molecule has 0 spiro atoms. The summed E-state index contributed by atoms with van der Waals surface area (Å²) in [5.74, 6) is 1.05. The number of hydrogen-bond donors (Lipinski definition) is 1. The Kier molecular flexibility index (Phi) is 5.14. The van der Waals surface area contributed by atoms with Gasteiger partial charge in [-0.05, 0) is 38.0 Å². The summed E-state index contributed by atoms with van der Waals surface area (Å²) < 4.78 is 1.95. The summed E-state index contributed by atoms with van der Waals surface area (Å²) in [5.41, 5.74) is 0.777. The Morgan fingerprint density at radius 2 is 2.17 bits per heavy atom. The lowest BCUT2D eigenvalue weighted by atomic mass is 10.2. The van der Waals surface area contributed by atoms with Crippen LogP contribution in [0, 0.1) is 0 Å². The molecule has 5 nitrogen and oxygen atoms in total. The van der Waals surface area contributed by atoms with E-state index in [-0.39, 0.29) is 5.91 Å². The molecule has 0 aliphatic heterocycles. The number of nitrogens with zero attached hydrogens (tertiary/aromatic N) is 3. The normalized spacial score (nSPS) is 14.0. The molecule has 122 valence electrons. The minimum Gasteiger partial charge on any atom is -0.353 e. The zero-order valence-electron chi connectivity index (χ0n) is 12.6. The van der Waals surface area contributed by atoms with Crippen LogP contribution in [0.2, 0.25) is 10.0 Å². The minimum atomic E-state index is 0.0363. The maximum atomic E-state index is 11.8. The Balaban J connectivity index is 1.77. The monoisotopic (exact) mass is 370 g/mol. The van der Waals surface area contributed by atoms with Crippen molar-refractivity contribution in [2.45, 2.75) is 37.5 Å². The van der Waals surface area contributed by atoms with Gasteiger partial charge >= 0.3 is 0 Å². The molecular formula is C15H16Cl2N4OS. The number of rotatable bonds is 6. The average molecular weight is 371 g/mol. The fraction of sp³-hybridized carbons (Fsp3) is 0.400. The maximum absolute atomic E-state index is 11.8. The molecule has 23 heavy (non-hydrogen) atoms. The van der Waals surface area contributed by atoms with Crippen LogP contribution in [-0.4, -0.2) is 32.5 Å². The van der Waals surface area contributed by atoms with Gasteiger partial charge in [0.05, 0.1) is 10.8 Å². The van der Waals surface area contributed by atoms with Crippen molar-refractivity contribution in [1.29, 1.82) is 0 Å². The Morgan fingerprint density at radius 1 is 1.39 bits per heavy atom. The zero-order valence-corrected chi connectivity index (χ0v) is 14.9. The fourth-order valence-corrected chi connectivity index (χ4v) is 3.48. The molecule has 0 bridgehead atoms. The summed E-state index contributed by atoms with van der Waals surface area (Å²) in [6, 6.07) is 5.65. The van der Waals surface area contributed by atoms with Gasteiger partial charge in [0.15, 0.2) is 11.0 Å². The summed E-state index contributed by atoms with van der Waals surface area (Å²) in [6.45, 7) is 2.69. The summed E-state index contributed by atoms with van der Waals surface area (Å²) in [7, 11) is 0. The number of carbonyl (C=O) groups is 1. The number of carbonyl (C=O) groups excluding carboxylic acids is 1. The summed E-state index contributed by atoms with van der Waals surface area (Å²) >= 11 is 13.6. The van der Waals surface area contributed by atoms with Gasteiger partial charge in [-0.3, -0.25) is 4.79 Å². The van der Waals surface area contributed by atoms with Gasteiger partial charge in [-0.2, -0.15) is 0 Å². The molecule has 1 aliphatic carbocycles. The largest absolute Gasteiger partial charge is 0.353 e. The molecule has 1 amide bonds. The minimum absolute atomic E-state index is 0.0363. The van der Waals surface area contributed by atoms with Gasteiger partial charge < -0.3 is 9.88 Å². The van der Waals surface area contributed by atoms with Crippen LogP contribution in [0.1, 0.15) is 19.8 Å². The fourth-order valence-electron chi connectivity index (χ4n) is 2.18. The SMILES string of the molecule is CCn1c(SCC(=O)NC2CC2)nnc1-c1ccc(Cl)cc1Cl. The topological polar surface area (TPSA) is 59.8 Å². The second kappa shape index (κ2) is 7.11. The number of aromatic nitrogens is 3. The summed E-state index contributed by atoms with van der Waals surface area (Å²) in [6.07, 6.45) is 2.17. The number of halogens is 2. The molecule has 0 atom stereocenters. The van der Waals surface area contributed by atoms with Crippen molar-refractivity contribution in [3.8, 4) is 11.4 Å². The smallest absolute Gasteiger partial charge is 0.230 e. The van der Waals surface area contributed by atoms with Crippen molar-refractivity contribution in [3.63, 3.8) is 0 Å². The molecule has 8 heteroatoms. The van der Waals surface area contributed by atoms with Gasteiger partial charge in [-0.15, -0.1) is 10.2 Å². The third-order valence-corrected chi connectivity index (χ3v) is 4.99. The number of benzene rings is 1. The quantitative estimate of drug-likeness (QED) is 0.788. The Hall–Kier alpha value is -1.24. The number of nitrogens with one attached hydrogen (secondary N) is 1. The van der Waals surface area contributed by atoms with Crippen LogP contribution in [-0.2, 0) is 11.3 Å². The highest BCUT2D eigenvalue weighted by Gasteiger charge is 2.23. The first-order chi connectivity index (χ1) is 11.1. The first-order valence-corrected chi connectivity index (χ1v) is 9.13. The van der Waals surface area contributed by atoms with Crippen LogP contribution in [0.25, 0.3) is 11.4 Å². The molecule has 2 aromatic rings. The Morgan fingerprint density at radius 3 is 2.83 bits per heavy atom. The van der Waals surface area contributed by atoms with E-state index in [1.54, 1.807) is 12.1 Å². The van der Waals surface area contributed by atoms with Gasteiger partial charge in [0.25, 0.3) is 0 Å². The molecule has 0 saturated heterocycles. The van der Waals surface area contributed by atoms with E-state index in [9.17, 15) is 4.79 Å². The molecular weight excluding hydrogens is 355 g/mol.